The van der Waals surface area contributed by atoms with Crippen LogP contribution in [0.1, 0.15) is 11.4 Å². The van der Waals surface area contributed by atoms with Gasteiger partial charge in [-0.2, -0.15) is 4.31 Å². The van der Waals surface area contributed by atoms with Crippen LogP contribution in [0.2, 0.25) is 0 Å². The SMILES string of the molecule is O=C(NO)C1Cc2nccnc2CN1S(=O)(=O)c1ccc(-c2ccccc2)cc1. The van der Waals surface area contributed by atoms with Crippen LogP contribution in [0.3, 0.4) is 0 Å². The summed E-state index contributed by atoms with van der Waals surface area (Å²) in [6.07, 6.45) is 2.99. The van der Waals surface area contributed by atoms with Crippen LogP contribution in [0, 0.1) is 0 Å². The maximum Gasteiger partial charge on any atom is 0.262 e. The zero-order valence-corrected chi connectivity index (χ0v) is 16.1. The summed E-state index contributed by atoms with van der Waals surface area (Å²) in [4.78, 5) is 20.6. The fourth-order valence-corrected chi connectivity index (χ4v) is 4.93. The highest BCUT2D eigenvalue weighted by Gasteiger charge is 2.40. The molecule has 0 aliphatic carbocycles. The topological polar surface area (TPSA) is 112 Å². The molecule has 0 saturated heterocycles. The lowest BCUT2D eigenvalue weighted by Crippen LogP contribution is -2.52. The minimum Gasteiger partial charge on any atom is -0.289 e. The largest absolute Gasteiger partial charge is 0.289 e. The van der Waals surface area contributed by atoms with Gasteiger partial charge in [0.05, 0.1) is 22.8 Å². The normalized spacial score (nSPS) is 16.8. The summed E-state index contributed by atoms with van der Waals surface area (Å²) < 4.78 is 27.6. The van der Waals surface area contributed by atoms with Gasteiger partial charge < -0.3 is 0 Å². The molecule has 2 heterocycles. The fourth-order valence-electron chi connectivity index (χ4n) is 3.38. The van der Waals surface area contributed by atoms with Crippen LogP contribution < -0.4 is 5.48 Å². The van der Waals surface area contributed by atoms with Gasteiger partial charge in [-0.3, -0.25) is 20.0 Å². The quantitative estimate of drug-likeness (QED) is 0.501. The molecule has 0 bridgehead atoms. The second-order valence-electron chi connectivity index (χ2n) is 6.59. The Morgan fingerprint density at radius 1 is 0.966 bits per heavy atom. The van der Waals surface area contributed by atoms with E-state index >= 15 is 0 Å². The summed E-state index contributed by atoms with van der Waals surface area (Å²) in [5, 5.41) is 9.09. The third-order valence-corrected chi connectivity index (χ3v) is 6.75. The number of hydroxylamine groups is 1. The van der Waals surface area contributed by atoms with Crippen molar-refractivity contribution in [3.05, 3.63) is 78.4 Å². The number of sulfonamides is 1. The van der Waals surface area contributed by atoms with E-state index in [1.807, 2.05) is 30.3 Å². The van der Waals surface area contributed by atoms with Crippen molar-refractivity contribution < 1.29 is 18.4 Å². The molecule has 0 radical (unpaired) electrons. The Bertz CT molecular complexity index is 1130. The average molecular weight is 410 g/mol. The number of benzene rings is 2. The van der Waals surface area contributed by atoms with Gasteiger partial charge in [0.15, 0.2) is 0 Å². The van der Waals surface area contributed by atoms with Crippen LogP contribution in [0.4, 0.5) is 0 Å². The molecule has 3 aromatic rings. The molecule has 1 amide bonds. The van der Waals surface area contributed by atoms with E-state index in [1.165, 1.54) is 24.5 Å². The predicted molar refractivity (Wildman–Crippen MR) is 104 cm³/mol. The van der Waals surface area contributed by atoms with Gasteiger partial charge in [-0.1, -0.05) is 42.5 Å². The first kappa shape index (κ1) is 19.2. The van der Waals surface area contributed by atoms with E-state index in [0.29, 0.717) is 11.4 Å². The minimum atomic E-state index is -4.01. The summed E-state index contributed by atoms with van der Waals surface area (Å²) in [6, 6.07) is 14.9. The molecule has 1 atom stereocenters. The molecule has 2 N–H and O–H groups in total. The standard InChI is InChI=1S/C20H18N4O4S/c25-20(23-26)19-12-17-18(22-11-10-21-17)13-24(19)29(27,28)16-8-6-15(7-9-16)14-4-2-1-3-5-14/h1-11,19,26H,12-13H2,(H,23,25). The molecule has 4 rings (SSSR count). The first-order valence-electron chi connectivity index (χ1n) is 8.91. The molecule has 2 aromatic carbocycles. The summed E-state index contributed by atoms with van der Waals surface area (Å²) in [5.74, 6) is -0.814. The van der Waals surface area contributed by atoms with Crippen molar-refractivity contribution in [1.82, 2.24) is 19.8 Å². The van der Waals surface area contributed by atoms with E-state index in [1.54, 1.807) is 17.6 Å². The number of hydrogen-bond donors (Lipinski definition) is 2. The van der Waals surface area contributed by atoms with E-state index in [-0.39, 0.29) is 17.9 Å². The van der Waals surface area contributed by atoms with E-state index in [4.69, 9.17) is 5.21 Å². The molecule has 29 heavy (non-hydrogen) atoms. The number of carbonyl (C=O) groups excluding carboxylic acids is 1. The number of hydrogen-bond acceptors (Lipinski definition) is 6. The monoisotopic (exact) mass is 410 g/mol. The van der Waals surface area contributed by atoms with Crippen LogP contribution in [-0.4, -0.2) is 39.8 Å². The highest BCUT2D eigenvalue weighted by molar-refractivity contribution is 7.89. The molecular formula is C20H18N4O4S. The fraction of sp³-hybridized carbons (Fsp3) is 0.150. The maximum absolute atomic E-state index is 13.3. The number of aromatic nitrogens is 2. The first-order valence-corrected chi connectivity index (χ1v) is 10.3. The Morgan fingerprint density at radius 2 is 1.59 bits per heavy atom. The molecule has 1 aliphatic rings. The number of nitrogens with one attached hydrogen (secondary N) is 1. The van der Waals surface area contributed by atoms with Crippen molar-refractivity contribution >= 4 is 15.9 Å². The van der Waals surface area contributed by atoms with Crippen LogP contribution in [0.15, 0.2) is 71.9 Å². The molecule has 0 spiro atoms. The minimum absolute atomic E-state index is 0.0247. The van der Waals surface area contributed by atoms with Gasteiger partial charge in [0, 0.05) is 18.8 Å². The molecule has 0 fully saturated rings. The molecule has 1 unspecified atom stereocenters. The van der Waals surface area contributed by atoms with Gasteiger partial charge in [-0.25, -0.2) is 13.9 Å². The van der Waals surface area contributed by atoms with E-state index in [2.05, 4.69) is 9.97 Å². The molecule has 148 valence electrons. The number of amides is 1. The molecular weight excluding hydrogens is 392 g/mol. The van der Waals surface area contributed by atoms with Crippen LogP contribution in [-0.2, 0) is 27.8 Å². The van der Waals surface area contributed by atoms with Crippen molar-refractivity contribution in [3.63, 3.8) is 0 Å². The van der Waals surface area contributed by atoms with Gasteiger partial charge >= 0.3 is 0 Å². The predicted octanol–water partition coefficient (Wildman–Crippen LogP) is 1.76. The summed E-state index contributed by atoms with van der Waals surface area (Å²) in [7, 11) is -4.01. The smallest absolute Gasteiger partial charge is 0.262 e. The summed E-state index contributed by atoms with van der Waals surface area (Å²) in [5.41, 5.74) is 4.42. The van der Waals surface area contributed by atoms with Gasteiger partial charge in [-0.15, -0.1) is 0 Å². The van der Waals surface area contributed by atoms with Crippen molar-refractivity contribution in [2.75, 3.05) is 0 Å². The van der Waals surface area contributed by atoms with Gasteiger partial charge in [0.25, 0.3) is 5.91 Å². The van der Waals surface area contributed by atoms with Gasteiger partial charge in [0.2, 0.25) is 10.0 Å². The van der Waals surface area contributed by atoms with Gasteiger partial charge in [-0.05, 0) is 23.3 Å². The number of carbonyl (C=O) groups is 1. The second kappa shape index (κ2) is 7.70. The third kappa shape index (κ3) is 3.63. The van der Waals surface area contributed by atoms with Crippen molar-refractivity contribution in [1.29, 1.82) is 0 Å². The number of fused-ring (bicyclic) bond motifs is 1. The van der Waals surface area contributed by atoms with E-state index < -0.39 is 22.0 Å². The van der Waals surface area contributed by atoms with Crippen molar-refractivity contribution in [2.24, 2.45) is 0 Å². The van der Waals surface area contributed by atoms with Crippen molar-refractivity contribution in [2.45, 2.75) is 23.9 Å². The molecule has 8 nitrogen and oxygen atoms in total. The van der Waals surface area contributed by atoms with Gasteiger partial charge in [0.1, 0.15) is 6.04 Å². The van der Waals surface area contributed by atoms with Crippen LogP contribution >= 0.6 is 0 Å². The number of nitrogens with zero attached hydrogens (tertiary/aromatic N) is 3. The Morgan fingerprint density at radius 3 is 2.24 bits per heavy atom. The average Bonchev–Trinajstić information content (AvgIpc) is 2.78. The zero-order chi connectivity index (χ0) is 20.4. The molecule has 0 saturated carbocycles. The maximum atomic E-state index is 13.3. The Labute approximate surface area is 167 Å². The van der Waals surface area contributed by atoms with Crippen LogP contribution in [0.5, 0.6) is 0 Å². The summed E-state index contributed by atoms with van der Waals surface area (Å²) >= 11 is 0. The molecule has 1 aromatic heterocycles. The molecule has 9 heteroatoms. The zero-order valence-electron chi connectivity index (χ0n) is 15.3. The van der Waals surface area contributed by atoms with E-state index in [9.17, 15) is 13.2 Å². The summed E-state index contributed by atoms with van der Waals surface area (Å²) in [6.45, 7) is -0.107. The number of rotatable bonds is 4. The highest BCUT2D eigenvalue weighted by Crippen LogP contribution is 2.29. The lowest BCUT2D eigenvalue weighted by atomic mass is 10.0. The Kier molecular flexibility index (Phi) is 5.10. The lowest BCUT2D eigenvalue weighted by Gasteiger charge is -2.33. The lowest BCUT2D eigenvalue weighted by molar-refractivity contribution is -0.133. The first-order chi connectivity index (χ1) is 14.0. The Balaban J connectivity index is 1.70. The molecule has 1 aliphatic heterocycles. The van der Waals surface area contributed by atoms with Crippen molar-refractivity contribution in [3.8, 4) is 11.1 Å². The second-order valence-corrected chi connectivity index (χ2v) is 8.48. The van der Waals surface area contributed by atoms with Crippen LogP contribution in [0.25, 0.3) is 11.1 Å². The van der Waals surface area contributed by atoms with E-state index in [0.717, 1.165) is 15.4 Å². The highest BCUT2D eigenvalue weighted by atomic mass is 32.2. The third-order valence-electron chi connectivity index (χ3n) is 4.88. The Hall–Kier alpha value is -3.14.